The molecule has 1 aliphatic heterocycles. The summed E-state index contributed by atoms with van der Waals surface area (Å²) in [6, 6.07) is 20.1. The van der Waals surface area contributed by atoms with E-state index in [2.05, 4.69) is 28.5 Å². The topological polar surface area (TPSA) is 66.6 Å². The first-order valence-corrected chi connectivity index (χ1v) is 12.5. The average molecular weight is 492 g/mol. The van der Waals surface area contributed by atoms with Crippen molar-refractivity contribution in [2.45, 2.75) is 19.5 Å². The molecule has 0 amide bonds. The van der Waals surface area contributed by atoms with E-state index in [4.69, 9.17) is 21.7 Å². The fourth-order valence-electron chi connectivity index (χ4n) is 3.97. The maximum atomic E-state index is 12.9. The van der Waals surface area contributed by atoms with Gasteiger partial charge < -0.3 is 24.7 Å². The van der Waals surface area contributed by atoms with Gasteiger partial charge in [-0.2, -0.15) is 0 Å². The minimum Gasteiger partial charge on any atom is -0.486 e. The number of H-pyrrole nitrogens is 1. The first kappa shape index (κ1) is 22.4. The monoisotopic (exact) mass is 491 g/mol. The fraction of sp³-hybridized carbons (Fsp3) is 0.231. The predicted octanol–water partition coefficient (Wildman–Crippen LogP) is 4.48. The SMILES string of the molecule is O=c1[nH]c2cc3c(cc2cc1CN(Cc1cccs1)C(=S)NCCc1ccccc1)OCCO3. The van der Waals surface area contributed by atoms with Crippen molar-refractivity contribution in [2.24, 2.45) is 0 Å². The maximum Gasteiger partial charge on any atom is 0.253 e. The number of fused-ring (bicyclic) bond motifs is 2. The zero-order valence-corrected chi connectivity index (χ0v) is 20.2. The Morgan fingerprint density at radius 1 is 1.03 bits per heavy atom. The number of rotatable bonds is 7. The molecule has 0 fully saturated rings. The fourth-order valence-corrected chi connectivity index (χ4v) is 4.92. The number of aromatic amines is 1. The molecule has 0 aliphatic carbocycles. The van der Waals surface area contributed by atoms with Gasteiger partial charge in [0.25, 0.3) is 5.56 Å². The number of aromatic nitrogens is 1. The summed E-state index contributed by atoms with van der Waals surface area (Å²) in [6.45, 7) is 2.78. The first-order valence-electron chi connectivity index (χ1n) is 11.2. The highest BCUT2D eigenvalue weighted by Gasteiger charge is 2.17. The Morgan fingerprint density at radius 2 is 1.82 bits per heavy atom. The van der Waals surface area contributed by atoms with E-state index in [9.17, 15) is 4.79 Å². The molecule has 6 nitrogen and oxygen atoms in total. The van der Waals surface area contributed by atoms with Crippen LogP contribution in [0.2, 0.25) is 0 Å². The van der Waals surface area contributed by atoms with Gasteiger partial charge in [0.15, 0.2) is 16.6 Å². The Balaban J connectivity index is 1.36. The van der Waals surface area contributed by atoms with Crippen LogP contribution in [0.4, 0.5) is 0 Å². The van der Waals surface area contributed by atoms with Crippen molar-refractivity contribution in [1.82, 2.24) is 15.2 Å². The summed E-state index contributed by atoms with van der Waals surface area (Å²) in [5.41, 5.74) is 2.50. The van der Waals surface area contributed by atoms with Crippen LogP contribution in [0.1, 0.15) is 16.0 Å². The summed E-state index contributed by atoms with van der Waals surface area (Å²) in [5.74, 6) is 1.36. The third kappa shape index (κ3) is 5.24. The van der Waals surface area contributed by atoms with Crippen molar-refractivity contribution in [3.05, 3.63) is 92.4 Å². The third-order valence-corrected chi connectivity index (χ3v) is 6.96. The zero-order chi connectivity index (χ0) is 23.3. The molecule has 0 unspecified atom stereocenters. The molecule has 3 heterocycles. The van der Waals surface area contributed by atoms with Crippen LogP contribution in [-0.4, -0.2) is 34.8 Å². The lowest BCUT2D eigenvalue weighted by Gasteiger charge is -2.25. The number of nitrogens with zero attached hydrogens (tertiary/aromatic N) is 1. The molecule has 0 saturated heterocycles. The van der Waals surface area contributed by atoms with Crippen LogP contribution < -0.4 is 20.3 Å². The van der Waals surface area contributed by atoms with Crippen LogP contribution in [-0.2, 0) is 19.5 Å². The molecule has 2 aromatic heterocycles. The Kier molecular flexibility index (Phi) is 6.78. The van der Waals surface area contributed by atoms with Crippen LogP contribution in [0.3, 0.4) is 0 Å². The van der Waals surface area contributed by atoms with Gasteiger partial charge in [-0.1, -0.05) is 36.4 Å². The molecule has 0 bridgehead atoms. The number of thiocarbonyl (C=S) groups is 1. The maximum absolute atomic E-state index is 12.9. The molecule has 34 heavy (non-hydrogen) atoms. The largest absolute Gasteiger partial charge is 0.486 e. The third-order valence-electron chi connectivity index (χ3n) is 5.69. The van der Waals surface area contributed by atoms with Crippen LogP contribution in [0.25, 0.3) is 10.9 Å². The molecule has 0 radical (unpaired) electrons. The lowest BCUT2D eigenvalue weighted by atomic mass is 10.1. The van der Waals surface area contributed by atoms with E-state index < -0.39 is 0 Å². The highest BCUT2D eigenvalue weighted by molar-refractivity contribution is 7.80. The molecule has 174 valence electrons. The van der Waals surface area contributed by atoms with Crippen LogP contribution >= 0.6 is 23.6 Å². The summed E-state index contributed by atoms with van der Waals surface area (Å²) in [6.07, 6.45) is 0.873. The van der Waals surface area contributed by atoms with E-state index in [1.165, 1.54) is 10.4 Å². The molecule has 2 aromatic carbocycles. The molecule has 2 N–H and O–H groups in total. The highest BCUT2D eigenvalue weighted by atomic mass is 32.1. The van der Waals surface area contributed by atoms with Gasteiger partial charge in [-0.25, -0.2) is 0 Å². The molecular formula is C26H25N3O3S2. The number of benzene rings is 2. The number of ether oxygens (including phenoxy) is 2. The van der Waals surface area contributed by atoms with E-state index in [-0.39, 0.29) is 5.56 Å². The van der Waals surface area contributed by atoms with Crippen molar-refractivity contribution in [2.75, 3.05) is 19.8 Å². The Labute approximate surface area is 207 Å². The summed E-state index contributed by atoms with van der Waals surface area (Å²) in [5, 5.41) is 6.96. The minimum atomic E-state index is -0.132. The van der Waals surface area contributed by atoms with Gasteiger partial charge in [-0.05, 0) is 47.8 Å². The number of hydrogen-bond acceptors (Lipinski definition) is 5. The smallest absolute Gasteiger partial charge is 0.253 e. The second-order valence-corrected chi connectivity index (χ2v) is 9.53. The van der Waals surface area contributed by atoms with E-state index >= 15 is 0 Å². The standard InChI is InChI=1S/C26H25N3O3S2/c30-25-20(13-19-14-23-24(15-22(19)28-25)32-11-10-31-23)16-29(17-21-7-4-12-34-21)26(33)27-9-8-18-5-2-1-3-6-18/h1-7,12-15H,8-11,16-17H2,(H,27,33)(H,28,30). The van der Waals surface area contributed by atoms with Gasteiger partial charge in [0.2, 0.25) is 0 Å². The molecule has 1 aliphatic rings. The second-order valence-electron chi connectivity index (χ2n) is 8.11. The molecule has 0 saturated carbocycles. The Hall–Kier alpha value is -3.36. The molecular weight excluding hydrogens is 466 g/mol. The molecule has 0 spiro atoms. The van der Waals surface area contributed by atoms with Gasteiger partial charge in [-0.3, -0.25) is 4.79 Å². The van der Waals surface area contributed by atoms with Gasteiger partial charge in [-0.15, -0.1) is 11.3 Å². The second kappa shape index (κ2) is 10.3. The Morgan fingerprint density at radius 3 is 2.59 bits per heavy atom. The quantitative estimate of drug-likeness (QED) is 0.372. The molecule has 8 heteroatoms. The number of nitrogens with one attached hydrogen (secondary N) is 2. The lowest BCUT2D eigenvalue weighted by molar-refractivity contribution is 0.172. The average Bonchev–Trinajstić information content (AvgIpc) is 3.37. The normalized spacial score (nSPS) is 12.5. The predicted molar refractivity (Wildman–Crippen MR) is 140 cm³/mol. The minimum absolute atomic E-state index is 0.132. The summed E-state index contributed by atoms with van der Waals surface area (Å²) in [4.78, 5) is 19.2. The first-order chi connectivity index (χ1) is 16.7. The van der Waals surface area contributed by atoms with Crippen molar-refractivity contribution in [3.63, 3.8) is 0 Å². The van der Waals surface area contributed by atoms with Crippen molar-refractivity contribution in [1.29, 1.82) is 0 Å². The Bertz CT molecular complexity index is 1340. The van der Waals surface area contributed by atoms with Gasteiger partial charge in [0.1, 0.15) is 13.2 Å². The lowest BCUT2D eigenvalue weighted by Crippen LogP contribution is -2.40. The zero-order valence-electron chi connectivity index (χ0n) is 18.6. The molecule has 5 rings (SSSR count). The number of hydrogen-bond donors (Lipinski definition) is 2. The van der Waals surface area contributed by atoms with Crippen LogP contribution in [0.5, 0.6) is 11.5 Å². The van der Waals surface area contributed by atoms with E-state index in [1.54, 1.807) is 11.3 Å². The number of pyridine rings is 1. The van der Waals surface area contributed by atoms with Crippen molar-refractivity contribution < 1.29 is 9.47 Å². The van der Waals surface area contributed by atoms with E-state index in [1.807, 2.05) is 52.7 Å². The molecule has 4 aromatic rings. The molecule has 0 atom stereocenters. The van der Waals surface area contributed by atoms with Gasteiger partial charge >= 0.3 is 0 Å². The van der Waals surface area contributed by atoms with Crippen LogP contribution in [0.15, 0.2) is 70.8 Å². The van der Waals surface area contributed by atoms with E-state index in [0.717, 1.165) is 23.9 Å². The van der Waals surface area contributed by atoms with Crippen molar-refractivity contribution >= 4 is 39.6 Å². The number of thiophene rings is 1. The highest BCUT2D eigenvalue weighted by Crippen LogP contribution is 2.33. The van der Waals surface area contributed by atoms with Crippen molar-refractivity contribution in [3.8, 4) is 11.5 Å². The summed E-state index contributed by atoms with van der Waals surface area (Å²) in [7, 11) is 0. The van der Waals surface area contributed by atoms with E-state index in [0.29, 0.717) is 48.5 Å². The summed E-state index contributed by atoms with van der Waals surface area (Å²) >= 11 is 7.43. The summed E-state index contributed by atoms with van der Waals surface area (Å²) < 4.78 is 11.4. The van der Waals surface area contributed by atoms with Crippen LogP contribution in [0, 0.1) is 0 Å². The van der Waals surface area contributed by atoms with Gasteiger partial charge in [0, 0.05) is 28.4 Å². The van der Waals surface area contributed by atoms with Gasteiger partial charge in [0.05, 0.1) is 18.6 Å².